The number of urea groups is 2. The van der Waals surface area contributed by atoms with Crippen molar-refractivity contribution in [2.45, 2.75) is 0 Å². The van der Waals surface area contributed by atoms with E-state index >= 15 is 0 Å². The quantitative estimate of drug-likeness (QED) is 0.192. The highest BCUT2D eigenvalue weighted by Gasteiger charge is 2.17. The van der Waals surface area contributed by atoms with Gasteiger partial charge in [-0.05, 0) is 60.7 Å². The molecule has 0 saturated carbocycles. The van der Waals surface area contributed by atoms with E-state index in [1.807, 2.05) is 36.4 Å². The molecule has 0 unspecified atom stereocenters. The number of rotatable bonds is 8. The van der Waals surface area contributed by atoms with Gasteiger partial charge >= 0.3 is 12.1 Å². The SMILES string of the molecule is O=C(Nc1ccc(NC(=O)Nc2cc(C3=NCCN3)cc(C3=NCCN3)c2)cc1)Nc1cc(C2=NCCN2)cc(C2=NCCN2)c1. The van der Waals surface area contributed by atoms with Crippen molar-refractivity contribution in [3.05, 3.63) is 82.9 Å². The number of aliphatic imine (C=N–C) groups is 4. The highest BCUT2D eigenvalue weighted by Crippen LogP contribution is 2.21. The smallest absolute Gasteiger partial charge is 0.323 e. The van der Waals surface area contributed by atoms with Crippen LogP contribution in [0.5, 0.6) is 0 Å². The first kappa shape index (κ1) is 28.8. The average molecular weight is 619 g/mol. The van der Waals surface area contributed by atoms with Crippen LogP contribution < -0.4 is 42.5 Å². The zero-order valence-corrected chi connectivity index (χ0v) is 25.0. The van der Waals surface area contributed by atoms with Gasteiger partial charge in [-0.2, -0.15) is 0 Å². The molecular weight excluding hydrogens is 584 g/mol. The van der Waals surface area contributed by atoms with E-state index in [4.69, 9.17) is 0 Å². The summed E-state index contributed by atoms with van der Waals surface area (Å²) in [5, 5.41) is 24.7. The predicted octanol–water partition coefficient (Wildman–Crippen LogP) is 2.37. The van der Waals surface area contributed by atoms with Crippen LogP contribution in [0.15, 0.2) is 80.6 Å². The second-order valence-corrected chi connectivity index (χ2v) is 11.0. The summed E-state index contributed by atoms with van der Waals surface area (Å²) >= 11 is 0. The third-order valence-electron chi connectivity index (χ3n) is 7.57. The molecule has 4 aliphatic rings. The minimum atomic E-state index is -0.400. The number of hydrogen-bond donors (Lipinski definition) is 8. The third-order valence-corrected chi connectivity index (χ3v) is 7.57. The number of anilines is 4. The molecule has 0 bridgehead atoms. The monoisotopic (exact) mass is 618 g/mol. The van der Waals surface area contributed by atoms with Gasteiger partial charge in [0.15, 0.2) is 0 Å². The Bertz CT molecular complexity index is 1580. The van der Waals surface area contributed by atoms with Crippen LogP contribution in [0.3, 0.4) is 0 Å². The Morgan fingerprint density at radius 1 is 0.435 bits per heavy atom. The molecule has 46 heavy (non-hydrogen) atoms. The first-order valence-corrected chi connectivity index (χ1v) is 15.3. The Morgan fingerprint density at radius 2 is 0.717 bits per heavy atom. The minimum absolute atomic E-state index is 0.400. The van der Waals surface area contributed by atoms with Crippen LogP contribution in [-0.2, 0) is 0 Å². The van der Waals surface area contributed by atoms with E-state index in [0.717, 1.165) is 71.8 Å². The fourth-order valence-corrected chi connectivity index (χ4v) is 5.54. The van der Waals surface area contributed by atoms with E-state index in [1.165, 1.54) is 0 Å². The lowest BCUT2D eigenvalue weighted by molar-refractivity contribution is 0.261. The van der Waals surface area contributed by atoms with Gasteiger partial charge in [0.05, 0.1) is 26.2 Å². The Labute approximate surface area is 265 Å². The molecule has 0 fully saturated rings. The largest absolute Gasteiger partial charge is 0.368 e. The molecular formula is C32H34N12O2. The molecule has 4 heterocycles. The summed E-state index contributed by atoms with van der Waals surface area (Å²) in [5.41, 5.74) is 5.89. The number of benzene rings is 3. The van der Waals surface area contributed by atoms with E-state index in [0.29, 0.717) is 48.9 Å². The van der Waals surface area contributed by atoms with Crippen LogP contribution in [0.1, 0.15) is 22.3 Å². The fraction of sp³-hybridized carbons (Fsp3) is 0.250. The van der Waals surface area contributed by atoms with E-state index in [9.17, 15) is 9.59 Å². The molecule has 3 aromatic rings. The average Bonchev–Trinajstić information content (AvgIpc) is 3.89. The topological polar surface area (TPSA) is 180 Å². The van der Waals surface area contributed by atoms with Crippen molar-refractivity contribution in [2.24, 2.45) is 20.0 Å². The lowest BCUT2D eigenvalue weighted by Gasteiger charge is -2.14. The standard InChI is InChI=1S/C32H34N12O2/c45-31(43-25-15-19(27-33-5-6-34-27)13-20(16-25)28-35-7-8-36-28)41-23-1-2-24(4-3-23)42-32(46)44-26-17-21(29-37-9-10-38-29)14-22(18-26)30-39-11-12-40-30/h1-4,13-18H,5-12H2,(H,33,34)(H,35,36)(H,37,38)(H,39,40)(H2,41,43,45)(H2,42,44,46). The summed E-state index contributed by atoms with van der Waals surface area (Å²) in [5.74, 6) is 3.18. The van der Waals surface area contributed by atoms with Gasteiger partial charge in [-0.25, -0.2) is 9.59 Å². The lowest BCUT2D eigenvalue weighted by Crippen LogP contribution is -2.24. The Kier molecular flexibility index (Phi) is 8.13. The molecule has 8 N–H and O–H groups in total. The molecule has 0 aromatic heterocycles. The molecule has 234 valence electrons. The zero-order valence-electron chi connectivity index (χ0n) is 25.0. The lowest BCUT2D eigenvalue weighted by atomic mass is 10.1. The number of amidine groups is 4. The van der Waals surface area contributed by atoms with Crippen molar-refractivity contribution in [2.75, 3.05) is 73.6 Å². The van der Waals surface area contributed by atoms with Crippen molar-refractivity contribution in [1.82, 2.24) is 21.3 Å². The van der Waals surface area contributed by atoms with Crippen LogP contribution >= 0.6 is 0 Å². The molecule has 0 aliphatic carbocycles. The molecule has 0 radical (unpaired) electrons. The summed E-state index contributed by atoms with van der Waals surface area (Å²) in [6.45, 7) is 5.98. The van der Waals surface area contributed by atoms with Crippen LogP contribution in [-0.4, -0.2) is 87.8 Å². The second-order valence-electron chi connectivity index (χ2n) is 11.0. The van der Waals surface area contributed by atoms with Gasteiger partial charge in [-0.15, -0.1) is 0 Å². The molecule has 14 heteroatoms. The molecule has 7 rings (SSSR count). The van der Waals surface area contributed by atoms with Gasteiger partial charge in [0.25, 0.3) is 0 Å². The molecule has 0 atom stereocenters. The van der Waals surface area contributed by atoms with Gasteiger partial charge in [0, 0.05) is 71.2 Å². The maximum absolute atomic E-state index is 12.9. The second kappa shape index (κ2) is 13.0. The minimum Gasteiger partial charge on any atom is -0.368 e. The number of carbonyl (C=O) groups excluding carboxylic acids is 2. The first-order valence-electron chi connectivity index (χ1n) is 15.3. The summed E-state index contributed by atoms with van der Waals surface area (Å²) < 4.78 is 0. The van der Waals surface area contributed by atoms with Gasteiger partial charge in [0.1, 0.15) is 23.3 Å². The van der Waals surface area contributed by atoms with Crippen LogP contribution in [0, 0.1) is 0 Å². The van der Waals surface area contributed by atoms with E-state index in [1.54, 1.807) is 24.3 Å². The molecule has 4 amide bonds. The molecule has 0 saturated heterocycles. The van der Waals surface area contributed by atoms with Crippen molar-refractivity contribution in [3.8, 4) is 0 Å². The van der Waals surface area contributed by atoms with E-state index in [-0.39, 0.29) is 0 Å². The highest BCUT2D eigenvalue weighted by molar-refractivity contribution is 6.09. The van der Waals surface area contributed by atoms with Crippen molar-refractivity contribution < 1.29 is 9.59 Å². The summed E-state index contributed by atoms with van der Waals surface area (Å²) in [7, 11) is 0. The third kappa shape index (κ3) is 6.75. The maximum Gasteiger partial charge on any atom is 0.323 e. The number of nitrogens with one attached hydrogen (secondary N) is 8. The van der Waals surface area contributed by atoms with Crippen LogP contribution in [0.2, 0.25) is 0 Å². The Hall–Kier alpha value is -5.92. The molecule has 4 aliphatic heterocycles. The van der Waals surface area contributed by atoms with Crippen LogP contribution in [0.4, 0.5) is 32.3 Å². The summed E-state index contributed by atoms with van der Waals surface area (Å²) in [4.78, 5) is 44.0. The summed E-state index contributed by atoms with van der Waals surface area (Å²) in [6, 6.07) is 17.6. The van der Waals surface area contributed by atoms with Crippen molar-refractivity contribution in [1.29, 1.82) is 0 Å². The van der Waals surface area contributed by atoms with Gasteiger partial charge in [0.2, 0.25) is 0 Å². The van der Waals surface area contributed by atoms with Gasteiger partial charge < -0.3 is 42.5 Å². The molecule has 3 aromatic carbocycles. The normalized spacial score (nSPS) is 16.5. The number of carbonyl (C=O) groups is 2. The highest BCUT2D eigenvalue weighted by atomic mass is 16.2. The number of amides is 4. The predicted molar refractivity (Wildman–Crippen MR) is 182 cm³/mol. The number of hydrogen-bond acceptors (Lipinski definition) is 10. The van der Waals surface area contributed by atoms with Crippen molar-refractivity contribution >= 4 is 58.2 Å². The van der Waals surface area contributed by atoms with E-state index in [2.05, 4.69) is 62.5 Å². The maximum atomic E-state index is 12.9. The van der Waals surface area contributed by atoms with Crippen LogP contribution in [0.25, 0.3) is 0 Å². The Morgan fingerprint density at radius 3 is 0.978 bits per heavy atom. The Balaban J connectivity index is 0.986. The molecule has 14 nitrogen and oxygen atoms in total. The number of nitrogens with zero attached hydrogens (tertiary/aromatic N) is 4. The summed E-state index contributed by atoms with van der Waals surface area (Å²) in [6.07, 6.45) is 0. The van der Waals surface area contributed by atoms with Gasteiger partial charge in [-0.1, -0.05) is 0 Å². The van der Waals surface area contributed by atoms with E-state index < -0.39 is 12.1 Å². The molecule has 0 spiro atoms. The van der Waals surface area contributed by atoms with Gasteiger partial charge in [-0.3, -0.25) is 20.0 Å². The zero-order chi connectivity index (χ0) is 31.3. The van der Waals surface area contributed by atoms with Crippen molar-refractivity contribution in [3.63, 3.8) is 0 Å². The fourth-order valence-electron chi connectivity index (χ4n) is 5.54. The first-order chi connectivity index (χ1) is 22.6.